The highest BCUT2D eigenvalue weighted by Gasteiger charge is 2.30. The molecule has 1 N–H and O–H groups in total. The van der Waals surface area contributed by atoms with Crippen LogP contribution in [0.3, 0.4) is 0 Å². The molecule has 2 aromatic carbocycles. The first kappa shape index (κ1) is 22.4. The lowest BCUT2D eigenvalue weighted by molar-refractivity contribution is -0.287. The Bertz CT molecular complexity index is 820. The molecule has 0 fully saturated rings. The van der Waals surface area contributed by atoms with Gasteiger partial charge >= 0.3 is 12.1 Å². The van der Waals surface area contributed by atoms with Crippen LogP contribution in [0.25, 0.3) is 0 Å². The molecule has 1 amide bonds. The van der Waals surface area contributed by atoms with E-state index in [1.807, 2.05) is 0 Å². The van der Waals surface area contributed by atoms with Gasteiger partial charge in [0.1, 0.15) is 0 Å². The maximum Gasteiger partial charge on any atom is 0.416 e. The maximum absolute atomic E-state index is 12.7. The van der Waals surface area contributed by atoms with Gasteiger partial charge in [0.15, 0.2) is 6.61 Å². The van der Waals surface area contributed by atoms with Crippen molar-refractivity contribution < 1.29 is 37.6 Å². The third-order valence-corrected chi connectivity index (χ3v) is 3.97. The fraction of sp³-hybridized carbons (Fsp3) is 0.300. The van der Waals surface area contributed by atoms with Crippen molar-refractivity contribution in [1.82, 2.24) is 4.90 Å². The molecule has 2 aromatic rings. The second-order valence-corrected chi connectivity index (χ2v) is 6.12. The SMILES string of the molecule is CCOOCC(=O)N(Cc1ccc(C(=O)O)cc1)Cc1ccc(C(F)(F)F)cc1. The zero-order valence-corrected chi connectivity index (χ0v) is 15.6. The molecule has 156 valence electrons. The average Bonchev–Trinajstić information content (AvgIpc) is 2.67. The van der Waals surface area contributed by atoms with Crippen LogP contribution in [-0.4, -0.2) is 35.1 Å². The van der Waals surface area contributed by atoms with Crippen molar-refractivity contribution in [2.45, 2.75) is 26.2 Å². The number of hydrogen-bond acceptors (Lipinski definition) is 4. The normalized spacial score (nSPS) is 11.3. The number of alkyl halides is 3. The van der Waals surface area contributed by atoms with E-state index in [2.05, 4.69) is 0 Å². The second-order valence-electron chi connectivity index (χ2n) is 6.12. The summed E-state index contributed by atoms with van der Waals surface area (Å²) in [5, 5.41) is 8.97. The third-order valence-electron chi connectivity index (χ3n) is 3.97. The molecule has 29 heavy (non-hydrogen) atoms. The van der Waals surface area contributed by atoms with E-state index in [1.54, 1.807) is 19.1 Å². The first-order valence-electron chi connectivity index (χ1n) is 8.71. The van der Waals surface area contributed by atoms with E-state index in [4.69, 9.17) is 14.9 Å². The third kappa shape index (κ3) is 6.88. The van der Waals surface area contributed by atoms with Crippen LogP contribution in [0.15, 0.2) is 48.5 Å². The minimum absolute atomic E-state index is 0.0487. The molecule has 6 nitrogen and oxygen atoms in total. The number of amides is 1. The average molecular weight is 411 g/mol. The summed E-state index contributed by atoms with van der Waals surface area (Å²) >= 11 is 0. The zero-order chi connectivity index (χ0) is 21.4. The summed E-state index contributed by atoms with van der Waals surface area (Å²) in [6.07, 6.45) is -4.44. The molecular weight excluding hydrogens is 391 g/mol. The Morgan fingerprint density at radius 1 is 0.931 bits per heavy atom. The second kappa shape index (κ2) is 10.0. The number of carboxylic acid groups (broad SMARTS) is 1. The standard InChI is InChI=1S/C20H20F3NO5/c1-2-28-29-13-18(25)24(11-14-3-7-16(8-4-14)19(26)27)12-15-5-9-17(10-6-15)20(21,22)23/h3-10H,2,11-13H2,1H3,(H,26,27). The Morgan fingerprint density at radius 3 is 1.90 bits per heavy atom. The molecule has 0 heterocycles. The van der Waals surface area contributed by atoms with Gasteiger partial charge in [-0.25, -0.2) is 14.6 Å². The Morgan fingerprint density at radius 2 is 1.45 bits per heavy atom. The summed E-state index contributed by atoms with van der Waals surface area (Å²) in [5.74, 6) is -1.50. The molecule has 0 bridgehead atoms. The lowest BCUT2D eigenvalue weighted by Crippen LogP contribution is -2.33. The Labute approximate surface area is 165 Å². The van der Waals surface area contributed by atoms with E-state index in [9.17, 15) is 22.8 Å². The molecule has 0 saturated carbocycles. The first-order chi connectivity index (χ1) is 13.7. The van der Waals surface area contributed by atoms with Gasteiger partial charge < -0.3 is 10.0 Å². The number of rotatable bonds is 9. The van der Waals surface area contributed by atoms with E-state index >= 15 is 0 Å². The minimum atomic E-state index is -4.44. The summed E-state index contributed by atoms with van der Waals surface area (Å²) in [6.45, 7) is 1.75. The molecule has 0 unspecified atom stereocenters. The van der Waals surface area contributed by atoms with Crippen molar-refractivity contribution in [2.75, 3.05) is 13.2 Å². The van der Waals surface area contributed by atoms with Crippen LogP contribution >= 0.6 is 0 Å². The van der Waals surface area contributed by atoms with E-state index in [-0.39, 0.29) is 31.9 Å². The van der Waals surface area contributed by atoms with Crippen LogP contribution < -0.4 is 0 Å². The molecule has 0 aliphatic rings. The minimum Gasteiger partial charge on any atom is -0.478 e. The fourth-order valence-electron chi connectivity index (χ4n) is 2.49. The zero-order valence-electron chi connectivity index (χ0n) is 15.6. The fourth-order valence-corrected chi connectivity index (χ4v) is 2.49. The van der Waals surface area contributed by atoms with Crippen molar-refractivity contribution in [1.29, 1.82) is 0 Å². The van der Waals surface area contributed by atoms with E-state index in [1.165, 1.54) is 29.2 Å². The first-order valence-corrected chi connectivity index (χ1v) is 8.71. The van der Waals surface area contributed by atoms with Crippen LogP contribution in [-0.2, 0) is 33.8 Å². The van der Waals surface area contributed by atoms with Gasteiger partial charge in [0.25, 0.3) is 5.91 Å². The number of hydrogen-bond donors (Lipinski definition) is 1. The lowest BCUT2D eigenvalue weighted by atomic mass is 10.1. The highest BCUT2D eigenvalue weighted by molar-refractivity contribution is 5.87. The molecule has 9 heteroatoms. The highest BCUT2D eigenvalue weighted by atomic mass is 19.4. The van der Waals surface area contributed by atoms with Gasteiger partial charge in [0.2, 0.25) is 0 Å². The summed E-state index contributed by atoms with van der Waals surface area (Å²) in [7, 11) is 0. The van der Waals surface area contributed by atoms with Crippen LogP contribution in [0, 0.1) is 0 Å². The lowest BCUT2D eigenvalue weighted by Gasteiger charge is -2.23. The van der Waals surface area contributed by atoms with Crippen LogP contribution in [0.1, 0.15) is 34.0 Å². The number of carbonyl (C=O) groups is 2. The van der Waals surface area contributed by atoms with Crippen molar-refractivity contribution in [3.63, 3.8) is 0 Å². The molecule has 0 aliphatic heterocycles. The number of halogens is 3. The van der Waals surface area contributed by atoms with Gasteiger partial charge in [-0.1, -0.05) is 24.3 Å². The summed E-state index contributed by atoms with van der Waals surface area (Å²) in [5.41, 5.74) is 0.494. The van der Waals surface area contributed by atoms with Crippen molar-refractivity contribution in [3.05, 3.63) is 70.8 Å². The van der Waals surface area contributed by atoms with Gasteiger partial charge in [-0.05, 0) is 42.3 Å². The van der Waals surface area contributed by atoms with Crippen molar-refractivity contribution in [3.8, 4) is 0 Å². The Balaban J connectivity index is 2.15. The predicted octanol–water partition coefficient (Wildman–Crippen LogP) is 3.90. The molecular formula is C20H20F3NO5. The van der Waals surface area contributed by atoms with Gasteiger partial charge in [-0.3, -0.25) is 4.79 Å². The Kier molecular flexibility index (Phi) is 7.74. The van der Waals surface area contributed by atoms with Gasteiger partial charge in [0, 0.05) is 13.1 Å². The Hall–Kier alpha value is -2.91. The summed E-state index contributed by atoms with van der Waals surface area (Å²) < 4.78 is 38.2. The topological polar surface area (TPSA) is 76.1 Å². The molecule has 0 aliphatic carbocycles. The van der Waals surface area contributed by atoms with Gasteiger partial charge in [0.05, 0.1) is 17.7 Å². The number of nitrogens with zero attached hydrogens (tertiary/aromatic N) is 1. The van der Waals surface area contributed by atoms with E-state index < -0.39 is 23.6 Å². The van der Waals surface area contributed by atoms with Crippen molar-refractivity contribution in [2.24, 2.45) is 0 Å². The van der Waals surface area contributed by atoms with Crippen molar-refractivity contribution >= 4 is 11.9 Å². The largest absolute Gasteiger partial charge is 0.478 e. The van der Waals surface area contributed by atoms with Crippen LogP contribution in [0.2, 0.25) is 0 Å². The number of benzene rings is 2. The van der Waals surface area contributed by atoms with Crippen LogP contribution in [0.5, 0.6) is 0 Å². The summed E-state index contributed by atoms with van der Waals surface area (Å²) in [6, 6.07) is 10.5. The molecule has 0 radical (unpaired) electrons. The van der Waals surface area contributed by atoms with Crippen LogP contribution in [0.4, 0.5) is 13.2 Å². The quantitative estimate of drug-likeness (QED) is 0.385. The molecule has 0 atom stereocenters. The van der Waals surface area contributed by atoms with E-state index in [0.717, 1.165) is 12.1 Å². The molecule has 0 spiro atoms. The molecule has 0 aromatic heterocycles. The number of carboxylic acids is 1. The monoisotopic (exact) mass is 411 g/mol. The number of carbonyl (C=O) groups excluding carboxylic acids is 1. The summed E-state index contributed by atoms with van der Waals surface area (Å²) in [4.78, 5) is 34.3. The molecule has 2 rings (SSSR count). The highest BCUT2D eigenvalue weighted by Crippen LogP contribution is 2.29. The smallest absolute Gasteiger partial charge is 0.416 e. The van der Waals surface area contributed by atoms with Gasteiger partial charge in [-0.2, -0.15) is 13.2 Å². The predicted molar refractivity (Wildman–Crippen MR) is 96.7 cm³/mol. The number of aromatic carboxylic acids is 1. The van der Waals surface area contributed by atoms with E-state index in [0.29, 0.717) is 11.1 Å². The van der Waals surface area contributed by atoms with Gasteiger partial charge in [-0.15, -0.1) is 0 Å². The maximum atomic E-state index is 12.7. The molecule has 0 saturated heterocycles.